The molecule has 1 saturated heterocycles. The molecule has 2 N–H and O–H groups in total. The fourth-order valence-electron chi connectivity index (χ4n) is 5.83. The molecule has 0 radical (unpaired) electrons. The van der Waals surface area contributed by atoms with Crippen molar-refractivity contribution in [2.75, 3.05) is 20.1 Å². The maximum atomic E-state index is 14.2. The highest BCUT2D eigenvalue weighted by molar-refractivity contribution is 5.95. The Labute approximate surface area is 264 Å². The highest BCUT2D eigenvalue weighted by Crippen LogP contribution is 2.27. The number of carbonyl (C=O) groups is 4. The summed E-state index contributed by atoms with van der Waals surface area (Å²) in [5, 5.41) is 4.75. The molecule has 4 bridgehead atoms. The Balaban J connectivity index is 1.57. The van der Waals surface area contributed by atoms with Crippen LogP contribution in [0.25, 0.3) is 0 Å². The fourth-order valence-corrected chi connectivity index (χ4v) is 5.83. The Morgan fingerprint density at radius 1 is 0.935 bits per heavy atom. The van der Waals surface area contributed by atoms with Crippen LogP contribution in [-0.4, -0.2) is 77.9 Å². The topological polar surface area (TPSA) is 108 Å². The minimum absolute atomic E-state index is 0.0477. The number of nitrogens with one attached hydrogen (secondary N) is 2. The van der Waals surface area contributed by atoms with Crippen LogP contribution in [0, 0.1) is 0 Å². The smallest absolute Gasteiger partial charge is 0.405 e. The molecule has 1 fully saturated rings. The van der Waals surface area contributed by atoms with Crippen molar-refractivity contribution < 1.29 is 37.1 Å². The summed E-state index contributed by atoms with van der Waals surface area (Å²) in [6.45, 7) is -1.20. The quantitative estimate of drug-likeness (QED) is 0.443. The van der Waals surface area contributed by atoms with E-state index in [9.17, 15) is 32.3 Å². The predicted octanol–water partition coefficient (Wildman–Crippen LogP) is 3.80. The second kappa shape index (κ2) is 14.1. The molecule has 0 spiro atoms. The lowest BCUT2D eigenvalue weighted by Crippen LogP contribution is -2.58. The SMILES string of the molecule is CN1C(=O)[C@H](Cc2ccccc2)NC(=O)[C@@H](N2CCCC2=O)Cc2cccc(c2)Oc2cccc(c2)C[C@H]1C(=O)NCC(F)(F)F. The zero-order chi connectivity index (χ0) is 32.8. The molecule has 5 rings (SSSR count). The molecule has 3 aromatic rings. The summed E-state index contributed by atoms with van der Waals surface area (Å²) in [5.41, 5.74) is 2.00. The summed E-state index contributed by atoms with van der Waals surface area (Å²) < 4.78 is 45.3. The number of likely N-dealkylation sites (tertiary alicyclic amines) is 1. The molecule has 3 atom stereocenters. The Morgan fingerprint density at radius 3 is 2.20 bits per heavy atom. The predicted molar refractivity (Wildman–Crippen MR) is 163 cm³/mol. The number of fused-ring (bicyclic) bond motifs is 4. The number of alkyl halides is 3. The number of ether oxygens (including phenoxy) is 1. The van der Waals surface area contributed by atoms with Gasteiger partial charge in [0.05, 0.1) is 0 Å². The van der Waals surface area contributed by atoms with Crippen molar-refractivity contribution in [1.29, 1.82) is 0 Å². The van der Waals surface area contributed by atoms with Gasteiger partial charge in [0.15, 0.2) is 0 Å². The van der Waals surface area contributed by atoms with Crippen LogP contribution in [-0.2, 0) is 38.4 Å². The number of amides is 4. The molecule has 3 aromatic carbocycles. The number of hydrogen-bond acceptors (Lipinski definition) is 5. The summed E-state index contributed by atoms with van der Waals surface area (Å²) in [7, 11) is 1.33. The number of halogens is 3. The van der Waals surface area contributed by atoms with Crippen molar-refractivity contribution in [3.05, 3.63) is 95.6 Å². The third-order valence-electron chi connectivity index (χ3n) is 8.16. The highest BCUT2D eigenvalue weighted by Gasteiger charge is 2.38. The summed E-state index contributed by atoms with van der Waals surface area (Å²) in [6.07, 6.45) is -3.70. The molecular formula is C34H35F3N4O5. The van der Waals surface area contributed by atoms with Crippen LogP contribution in [0.15, 0.2) is 78.9 Å². The van der Waals surface area contributed by atoms with Crippen LogP contribution in [0.1, 0.15) is 29.5 Å². The molecule has 2 heterocycles. The van der Waals surface area contributed by atoms with Gasteiger partial charge in [0.2, 0.25) is 23.6 Å². The summed E-state index contributed by atoms with van der Waals surface area (Å²) in [5.74, 6) is -1.52. The lowest BCUT2D eigenvalue weighted by molar-refractivity contribution is -0.147. The number of benzene rings is 3. The average molecular weight is 637 g/mol. The third-order valence-corrected chi connectivity index (χ3v) is 8.16. The van der Waals surface area contributed by atoms with Crippen molar-refractivity contribution in [2.45, 2.75) is 56.4 Å². The first kappa shape index (κ1) is 32.5. The first-order valence-electron chi connectivity index (χ1n) is 15.1. The lowest BCUT2D eigenvalue weighted by atomic mass is 9.99. The molecular weight excluding hydrogens is 601 g/mol. The van der Waals surface area contributed by atoms with Gasteiger partial charge >= 0.3 is 6.18 Å². The summed E-state index contributed by atoms with van der Waals surface area (Å²) >= 11 is 0. The number of nitrogens with zero attached hydrogens (tertiary/aromatic N) is 2. The van der Waals surface area contributed by atoms with Gasteiger partial charge < -0.3 is 25.2 Å². The van der Waals surface area contributed by atoms with Crippen molar-refractivity contribution in [2.24, 2.45) is 0 Å². The van der Waals surface area contributed by atoms with Gasteiger partial charge in [-0.2, -0.15) is 13.2 Å². The van der Waals surface area contributed by atoms with Crippen molar-refractivity contribution in [1.82, 2.24) is 20.4 Å². The molecule has 12 heteroatoms. The van der Waals surface area contributed by atoms with Crippen molar-refractivity contribution in [3.63, 3.8) is 0 Å². The Hall–Kier alpha value is -4.87. The van der Waals surface area contributed by atoms with Gasteiger partial charge in [0.1, 0.15) is 36.2 Å². The van der Waals surface area contributed by atoms with Crippen LogP contribution in [0.2, 0.25) is 0 Å². The molecule has 0 aliphatic carbocycles. The number of carbonyl (C=O) groups excluding carboxylic acids is 4. The number of likely N-dealkylation sites (N-methyl/N-ethyl adjacent to an activating group) is 1. The standard InChI is InChI=1S/C34H35F3N4O5/c1-40-28(31(43)38-21-34(35,36)37)19-23-10-5-12-25(16-23)46-26-13-6-11-24(17-26)20-29(41-15-7-14-30(41)42)32(44)39-27(33(40)45)18-22-8-3-2-4-9-22/h2-6,8-13,16-17,27-29H,7,14-15,18-21H2,1H3,(H,38,43)(H,39,44)/t27-,28-,29-/m0/s1. The first-order valence-corrected chi connectivity index (χ1v) is 15.1. The normalized spacial score (nSPS) is 21.0. The van der Waals surface area contributed by atoms with Crippen LogP contribution in [0.4, 0.5) is 13.2 Å². The Kier molecular flexibility index (Phi) is 9.93. The van der Waals surface area contributed by atoms with Gasteiger partial charge in [-0.05, 0) is 47.4 Å². The van der Waals surface area contributed by atoms with E-state index in [1.807, 2.05) is 11.4 Å². The molecule has 4 amide bonds. The molecule has 0 saturated carbocycles. The Bertz CT molecular complexity index is 1580. The molecule has 0 aromatic heterocycles. The maximum absolute atomic E-state index is 14.2. The van der Waals surface area contributed by atoms with Gasteiger partial charge in [-0.3, -0.25) is 19.2 Å². The largest absolute Gasteiger partial charge is 0.457 e. The van der Waals surface area contributed by atoms with Gasteiger partial charge in [0, 0.05) is 39.3 Å². The van der Waals surface area contributed by atoms with Crippen LogP contribution in [0.5, 0.6) is 11.5 Å². The molecule has 2 aliphatic rings. The maximum Gasteiger partial charge on any atom is 0.405 e. The van der Waals surface area contributed by atoms with Gasteiger partial charge in [-0.1, -0.05) is 54.6 Å². The zero-order valence-electron chi connectivity index (χ0n) is 25.3. The second-order valence-electron chi connectivity index (χ2n) is 11.6. The number of rotatable bonds is 5. The molecule has 46 heavy (non-hydrogen) atoms. The molecule has 242 valence electrons. The monoisotopic (exact) mass is 636 g/mol. The van der Waals surface area contributed by atoms with Gasteiger partial charge in [-0.15, -0.1) is 0 Å². The van der Waals surface area contributed by atoms with E-state index in [2.05, 4.69) is 5.32 Å². The van der Waals surface area contributed by atoms with E-state index in [0.717, 1.165) is 10.5 Å². The van der Waals surface area contributed by atoms with Crippen LogP contribution in [0.3, 0.4) is 0 Å². The molecule has 9 nitrogen and oxygen atoms in total. The zero-order valence-corrected chi connectivity index (χ0v) is 25.3. The minimum atomic E-state index is -4.66. The van der Waals surface area contributed by atoms with E-state index < -0.39 is 48.6 Å². The van der Waals surface area contributed by atoms with E-state index in [1.54, 1.807) is 72.8 Å². The Morgan fingerprint density at radius 2 is 1.59 bits per heavy atom. The third kappa shape index (κ3) is 8.23. The van der Waals surface area contributed by atoms with E-state index in [4.69, 9.17) is 4.74 Å². The molecule has 2 aliphatic heterocycles. The van der Waals surface area contributed by atoms with E-state index in [0.29, 0.717) is 42.0 Å². The van der Waals surface area contributed by atoms with E-state index >= 15 is 0 Å². The van der Waals surface area contributed by atoms with E-state index in [-0.39, 0.29) is 25.2 Å². The average Bonchev–Trinajstić information content (AvgIpc) is 3.45. The second-order valence-corrected chi connectivity index (χ2v) is 11.6. The highest BCUT2D eigenvalue weighted by atomic mass is 19.4. The van der Waals surface area contributed by atoms with Crippen molar-refractivity contribution in [3.8, 4) is 11.5 Å². The molecule has 0 unspecified atom stereocenters. The summed E-state index contributed by atoms with van der Waals surface area (Å²) in [6, 6.07) is 19.3. The summed E-state index contributed by atoms with van der Waals surface area (Å²) in [4.78, 5) is 56.9. The van der Waals surface area contributed by atoms with Gasteiger partial charge in [-0.25, -0.2) is 0 Å². The van der Waals surface area contributed by atoms with Crippen LogP contribution >= 0.6 is 0 Å². The fraction of sp³-hybridized carbons (Fsp3) is 0.353. The van der Waals surface area contributed by atoms with Crippen LogP contribution < -0.4 is 15.4 Å². The van der Waals surface area contributed by atoms with E-state index in [1.165, 1.54) is 11.9 Å². The van der Waals surface area contributed by atoms with Crippen molar-refractivity contribution >= 4 is 23.6 Å². The first-order chi connectivity index (χ1) is 22.0. The van der Waals surface area contributed by atoms with Gasteiger partial charge in [0.25, 0.3) is 0 Å². The minimum Gasteiger partial charge on any atom is -0.457 e. The lowest BCUT2D eigenvalue weighted by Gasteiger charge is -2.33. The number of hydrogen-bond donors (Lipinski definition) is 2.